The fraction of sp³-hybridized carbons (Fsp3) is 0.333. The summed E-state index contributed by atoms with van der Waals surface area (Å²) in [7, 11) is 0. The highest BCUT2D eigenvalue weighted by molar-refractivity contribution is 7.14. The van der Waals surface area contributed by atoms with Crippen molar-refractivity contribution in [3.63, 3.8) is 0 Å². The van der Waals surface area contributed by atoms with Crippen molar-refractivity contribution in [3.8, 4) is 11.4 Å². The Bertz CT molecular complexity index is 914. The predicted octanol–water partition coefficient (Wildman–Crippen LogP) is 3.52. The molecule has 0 amide bonds. The van der Waals surface area contributed by atoms with Gasteiger partial charge in [0.1, 0.15) is 11.4 Å². The Kier molecular flexibility index (Phi) is 5.21. The topological polar surface area (TPSA) is 75.1 Å². The zero-order valence-electron chi connectivity index (χ0n) is 14.5. The van der Waals surface area contributed by atoms with Gasteiger partial charge in [0, 0.05) is 42.2 Å². The third-order valence-electron chi connectivity index (χ3n) is 4.17. The number of anilines is 1. The van der Waals surface area contributed by atoms with E-state index in [0.29, 0.717) is 0 Å². The minimum Gasteiger partial charge on any atom is -0.356 e. The molecule has 0 unspecified atom stereocenters. The van der Waals surface area contributed by atoms with Gasteiger partial charge in [-0.2, -0.15) is 0 Å². The molecule has 1 aliphatic heterocycles. The molecule has 26 heavy (non-hydrogen) atoms. The van der Waals surface area contributed by atoms with E-state index in [0.717, 1.165) is 65.5 Å². The van der Waals surface area contributed by atoms with Crippen LogP contribution >= 0.6 is 22.7 Å². The van der Waals surface area contributed by atoms with E-state index in [-0.39, 0.29) is 0 Å². The van der Waals surface area contributed by atoms with E-state index in [1.54, 1.807) is 22.7 Å². The molecule has 0 saturated heterocycles. The molecule has 4 heterocycles. The number of nitrogens with one attached hydrogen (secondary N) is 2. The van der Waals surface area contributed by atoms with Crippen LogP contribution in [0.25, 0.3) is 11.4 Å². The van der Waals surface area contributed by atoms with E-state index >= 15 is 0 Å². The summed E-state index contributed by atoms with van der Waals surface area (Å²) in [5.41, 5.74) is 4.23. The predicted molar refractivity (Wildman–Crippen MR) is 108 cm³/mol. The molecular weight excluding hydrogens is 364 g/mol. The maximum atomic E-state index is 4.75. The van der Waals surface area contributed by atoms with E-state index in [2.05, 4.69) is 44.0 Å². The number of thiazole rings is 2. The van der Waals surface area contributed by atoms with Gasteiger partial charge in [0.2, 0.25) is 0 Å². The number of nitrogens with zero attached hydrogens (tertiary/aromatic N) is 4. The number of aromatic nitrogens is 3. The lowest BCUT2D eigenvalue weighted by Gasteiger charge is -2.13. The largest absolute Gasteiger partial charge is 0.356 e. The van der Waals surface area contributed by atoms with Gasteiger partial charge < -0.3 is 10.6 Å². The molecule has 0 aliphatic carbocycles. The van der Waals surface area contributed by atoms with Gasteiger partial charge in [0.05, 0.1) is 5.01 Å². The fourth-order valence-electron chi connectivity index (χ4n) is 2.73. The Morgan fingerprint density at radius 1 is 1.15 bits per heavy atom. The van der Waals surface area contributed by atoms with Crippen LogP contribution in [0.4, 0.5) is 5.13 Å². The lowest BCUT2D eigenvalue weighted by Crippen LogP contribution is -2.35. The minimum absolute atomic E-state index is 0.808. The Morgan fingerprint density at radius 3 is 2.88 bits per heavy atom. The summed E-state index contributed by atoms with van der Waals surface area (Å²) in [6, 6.07) is 4.13. The number of guanidine groups is 1. The van der Waals surface area contributed by atoms with Gasteiger partial charge in [0.15, 0.2) is 11.1 Å². The molecule has 1 aliphatic rings. The molecule has 0 radical (unpaired) electrons. The number of aryl methyl sites for hydroxylation is 3. The third kappa shape index (κ3) is 4.08. The maximum Gasteiger partial charge on any atom is 0.197 e. The van der Waals surface area contributed by atoms with Crippen LogP contribution in [0.3, 0.4) is 0 Å². The second-order valence-electron chi connectivity index (χ2n) is 6.05. The van der Waals surface area contributed by atoms with Gasteiger partial charge in [-0.1, -0.05) is 6.07 Å². The minimum atomic E-state index is 0.808. The summed E-state index contributed by atoms with van der Waals surface area (Å²) in [6.07, 6.45) is 4.80. The van der Waals surface area contributed by atoms with Crippen molar-refractivity contribution >= 4 is 33.8 Å². The first-order valence-corrected chi connectivity index (χ1v) is 10.4. The number of hydrogen-bond donors (Lipinski definition) is 2. The molecular formula is C18H20N6S2. The summed E-state index contributed by atoms with van der Waals surface area (Å²) < 4.78 is 0. The summed E-state index contributed by atoms with van der Waals surface area (Å²) in [6.45, 7) is 3.87. The van der Waals surface area contributed by atoms with Crippen LogP contribution in [0.15, 0.2) is 34.1 Å². The second-order valence-corrected chi connectivity index (χ2v) is 7.85. The van der Waals surface area contributed by atoms with Crippen LogP contribution in [-0.4, -0.2) is 34.0 Å². The first-order chi connectivity index (χ1) is 12.8. The smallest absolute Gasteiger partial charge is 0.197 e. The van der Waals surface area contributed by atoms with Crippen molar-refractivity contribution in [1.29, 1.82) is 0 Å². The molecule has 8 heteroatoms. The molecule has 0 atom stereocenters. The van der Waals surface area contributed by atoms with E-state index < -0.39 is 0 Å². The highest BCUT2D eigenvalue weighted by Gasteiger charge is 2.11. The molecule has 0 aromatic carbocycles. The van der Waals surface area contributed by atoms with Crippen molar-refractivity contribution in [3.05, 3.63) is 45.4 Å². The Morgan fingerprint density at radius 2 is 2.04 bits per heavy atom. The van der Waals surface area contributed by atoms with Crippen molar-refractivity contribution in [2.75, 3.05) is 18.4 Å². The Labute approximate surface area is 160 Å². The van der Waals surface area contributed by atoms with Crippen LogP contribution < -0.4 is 10.6 Å². The van der Waals surface area contributed by atoms with Crippen molar-refractivity contribution in [1.82, 2.24) is 20.3 Å². The monoisotopic (exact) mass is 384 g/mol. The van der Waals surface area contributed by atoms with Gasteiger partial charge in [-0.25, -0.2) is 9.97 Å². The van der Waals surface area contributed by atoms with Crippen LogP contribution in [-0.2, 0) is 12.8 Å². The number of aliphatic imine (C=N–C) groups is 1. The molecule has 4 rings (SSSR count). The Hall–Kier alpha value is -2.32. The molecule has 2 N–H and O–H groups in total. The summed E-state index contributed by atoms with van der Waals surface area (Å²) in [5.74, 6) is 0.808. The van der Waals surface area contributed by atoms with Crippen LogP contribution in [0.1, 0.15) is 22.7 Å². The highest BCUT2D eigenvalue weighted by Crippen LogP contribution is 2.26. The molecule has 0 fully saturated rings. The molecule has 134 valence electrons. The number of hydrogen-bond acceptors (Lipinski definition) is 8. The van der Waals surface area contributed by atoms with Crippen molar-refractivity contribution < 1.29 is 0 Å². The van der Waals surface area contributed by atoms with E-state index in [1.165, 1.54) is 5.56 Å². The molecule has 3 aromatic heterocycles. The van der Waals surface area contributed by atoms with E-state index in [1.807, 2.05) is 17.6 Å². The highest BCUT2D eigenvalue weighted by atomic mass is 32.1. The summed E-state index contributed by atoms with van der Waals surface area (Å²) in [4.78, 5) is 18.2. The van der Waals surface area contributed by atoms with E-state index in [9.17, 15) is 0 Å². The molecule has 6 nitrogen and oxygen atoms in total. The average molecular weight is 385 g/mol. The average Bonchev–Trinajstić information content (AvgIpc) is 3.31. The first-order valence-electron chi connectivity index (χ1n) is 8.64. The lowest BCUT2D eigenvalue weighted by atomic mass is 10.1. The maximum absolute atomic E-state index is 4.75. The van der Waals surface area contributed by atoms with Crippen LogP contribution in [0.5, 0.6) is 0 Å². The fourth-order valence-corrected chi connectivity index (χ4v) is 4.23. The van der Waals surface area contributed by atoms with Gasteiger partial charge in [0.25, 0.3) is 0 Å². The standard InChI is InChI=1S/C18H20N6S2/c1-12-13(4-2-7-19-12)5-6-16-22-14(10-25-16)15-11-26-18(23-15)24-17-20-8-3-9-21-17/h2,4,7,10-11H,3,5-6,8-9H2,1H3,(H2,20,21,23,24). The van der Waals surface area contributed by atoms with Crippen LogP contribution in [0.2, 0.25) is 0 Å². The Balaban J connectivity index is 1.40. The molecule has 0 bridgehead atoms. The quantitative estimate of drug-likeness (QED) is 0.704. The van der Waals surface area contributed by atoms with Crippen molar-refractivity contribution in [2.45, 2.75) is 26.2 Å². The third-order valence-corrected chi connectivity index (χ3v) is 5.83. The summed E-state index contributed by atoms with van der Waals surface area (Å²) in [5, 5.41) is 12.6. The SMILES string of the molecule is Cc1ncccc1CCc1nc(-c2csc(NC3=NCCCN3)n2)cs1. The molecule has 0 spiro atoms. The van der Waals surface area contributed by atoms with Crippen LogP contribution in [0, 0.1) is 6.92 Å². The van der Waals surface area contributed by atoms with Gasteiger partial charge in [-0.15, -0.1) is 22.7 Å². The zero-order chi connectivity index (χ0) is 17.8. The summed E-state index contributed by atoms with van der Waals surface area (Å²) >= 11 is 3.26. The zero-order valence-corrected chi connectivity index (χ0v) is 16.2. The number of rotatable bonds is 5. The normalized spacial score (nSPS) is 14.0. The molecule has 3 aromatic rings. The second kappa shape index (κ2) is 7.92. The van der Waals surface area contributed by atoms with Gasteiger partial charge in [-0.3, -0.25) is 9.98 Å². The molecule has 0 saturated carbocycles. The van der Waals surface area contributed by atoms with Gasteiger partial charge >= 0.3 is 0 Å². The van der Waals surface area contributed by atoms with E-state index in [4.69, 9.17) is 4.98 Å². The van der Waals surface area contributed by atoms with Gasteiger partial charge in [-0.05, 0) is 31.4 Å². The lowest BCUT2D eigenvalue weighted by molar-refractivity contribution is 0.740. The van der Waals surface area contributed by atoms with Crippen molar-refractivity contribution in [2.24, 2.45) is 4.99 Å². The number of pyridine rings is 1. The first kappa shape index (κ1) is 17.1.